The quantitative estimate of drug-likeness (QED) is 0.185. The highest BCUT2D eigenvalue weighted by molar-refractivity contribution is 6.34. The molecule has 0 radical (unpaired) electrons. The second kappa shape index (κ2) is 16.5. The van der Waals surface area contributed by atoms with Gasteiger partial charge in [-0.3, -0.25) is 9.59 Å². The number of rotatable bonds is 13. The number of anilines is 1. The summed E-state index contributed by atoms with van der Waals surface area (Å²) in [7, 11) is 0. The summed E-state index contributed by atoms with van der Waals surface area (Å²) in [5.74, 6) is -0.746. The third-order valence-corrected chi connectivity index (χ3v) is 8.00. The van der Waals surface area contributed by atoms with Crippen LogP contribution in [0, 0.1) is 20.8 Å². The maximum Gasteiger partial charge on any atom is 0.408 e. The zero-order valence-corrected chi connectivity index (χ0v) is 28.5. The molecule has 0 spiro atoms. The van der Waals surface area contributed by atoms with Gasteiger partial charge in [-0.2, -0.15) is 0 Å². The number of ether oxygens (including phenoxy) is 1. The predicted octanol–water partition coefficient (Wildman–Crippen LogP) is 8.49. The molecule has 8 heteroatoms. The zero-order valence-electron chi connectivity index (χ0n) is 27.7. The molecular formula is C37H48ClN3O4. The first-order valence-electron chi connectivity index (χ1n) is 15.8. The van der Waals surface area contributed by atoms with E-state index in [4.69, 9.17) is 16.3 Å². The summed E-state index contributed by atoms with van der Waals surface area (Å²) in [6.45, 7) is 13.7. The standard InChI is InChI=1S/C37H48ClN3O4/c1-8-9-10-14-22-41(35(43)31(24-28-17-12-11-13-18-28)39-36(44)45-37(5,6)7)33(29-21-20-25(2)27(4)23-29)34(42)40-32-26(3)16-15-19-30(32)38/h11-13,15-21,23,31,33H,8-10,14,22,24H2,1-7H3,(H,39,44)(H,40,42). The fraction of sp³-hybridized carbons (Fsp3) is 0.432. The van der Waals surface area contributed by atoms with Crippen LogP contribution in [0.15, 0.2) is 66.7 Å². The van der Waals surface area contributed by atoms with Crippen LogP contribution in [0.3, 0.4) is 0 Å². The lowest BCUT2D eigenvalue weighted by Crippen LogP contribution is -2.53. The van der Waals surface area contributed by atoms with Gasteiger partial charge in [-0.05, 0) is 81.8 Å². The van der Waals surface area contributed by atoms with E-state index < -0.39 is 23.8 Å². The minimum absolute atomic E-state index is 0.231. The van der Waals surface area contributed by atoms with E-state index in [1.807, 2.05) is 81.4 Å². The van der Waals surface area contributed by atoms with E-state index in [1.54, 1.807) is 31.7 Å². The predicted molar refractivity (Wildman–Crippen MR) is 183 cm³/mol. The highest BCUT2D eigenvalue weighted by Crippen LogP contribution is 2.31. The first-order valence-corrected chi connectivity index (χ1v) is 16.2. The number of halogens is 1. The number of benzene rings is 3. The molecule has 0 bridgehead atoms. The van der Waals surface area contributed by atoms with Crippen molar-refractivity contribution in [1.29, 1.82) is 0 Å². The Balaban J connectivity index is 2.12. The Bertz CT molecular complexity index is 1430. The van der Waals surface area contributed by atoms with Crippen LogP contribution in [-0.2, 0) is 20.7 Å². The smallest absolute Gasteiger partial charge is 0.408 e. The molecule has 3 rings (SSSR count). The first-order chi connectivity index (χ1) is 21.3. The summed E-state index contributed by atoms with van der Waals surface area (Å²) in [4.78, 5) is 43.8. The molecule has 0 heterocycles. The molecule has 2 N–H and O–H groups in total. The van der Waals surface area contributed by atoms with E-state index in [0.29, 0.717) is 29.2 Å². The van der Waals surface area contributed by atoms with Crippen LogP contribution in [0.5, 0.6) is 0 Å². The van der Waals surface area contributed by atoms with Crippen LogP contribution >= 0.6 is 11.6 Å². The number of nitrogens with one attached hydrogen (secondary N) is 2. The van der Waals surface area contributed by atoms with E-state index in [0.717, 1.165) is 41.5 Å². The van der Waals surface area contributed by atoms with Gasteiger partial charge in [0.1, 0.15) is 17.7 Å². The number of aryl methyl sites for hydroxylation is 3. The highest BCUT2D eigenvalue weighted by Gasteiger charge is 2.36. The summed E-state index contributed by atoms with van der Waals surface area (Å²) in [6, 6.07) is 18.8. The van der Waals surface area contributed by atoms with Crippen LogP contribution in [0.1, 0.15) is 87.2 Å². The lowest BCUT2D eigenvalue weighted by atomic mass is 9.96. The Labute approximate surface area is 273 Å². The lowest BCUT2D eigenvalue weighted by molar-refractivity contribution is -0.140. The van der Waals surface area contributed by atoms with Crippen molar-refractivity contribution in [3.63, 3.8) is 0 Å². The second-order valence-electron chi connectivity index (χ2n) is 12.6. The van der Waals surface area contributed by atoms with Gasteiger partial charge in [0.05, 0.1) is 10.7 Å². The Morgan fingerprint density at radius 3 is 2.20 bits per heavy atom. The molecule has 0 saturated heterocycles. The number of carbonyl (C=O) groups is 3. The molecule has 7 nitrogen and oxygen atoms in total. The van der Waals surface area contributed by atoms with Gasteiger partial charge in [-0.1, -0.05) is 98.5 Å². The van der Waals surface area contributed by atoms with Crippen molar-refractivity contribution in [3.05, 3.63) is 99.6 Å². The number of nitrogens with zero attached hydrogens (tertiary/aromatic N) is 1. The molecule has 3 amide bonds. The highest BCUT2D eigenvalue weighted by atomic mass is 35.5. The molecule has 242 valence electrons. The normalized spacial score (nSPS) is 12.6. The van der Waals surface area contributed by atoms with Gasteiger partial charge < -0.3 is 20.3 Å². The van der Waals surface area contributed by atoms with Crippen LogP contribution in [0.4, 0.5) is 10.5 Å². The van der Waals surface area contributed by atoms with Crippen LogP contribution in [0.25, 0.3) is 0 Å². The third-order valence-electron chi connectivity index (χ3n) is 7.68. The average molecular weight is 634 g/mol. The molecule has 45 heavy (non-hydrogen) atoms. The third kappa shape index (κ3) is 10.6. The number of hydrogen-bond donors (Lipinski definition) is 2. The average Bonchev–Trinajstić information content (AvgIpc) is 2.97. The van der Waals surface area contributed by atoms with Crippen LogP contribution in [0.2, 0.25) is 5.02 Å². The number of unbranched alkanes of at least 4 members (excludes halogenated alkanes) is 3. The molecule has 3 aromatic carbocycles. The Morgan fingerprint density at radius 1 is 0.867 bits per heavy atom. The summed E-state index contributed by atoms with van der Waals surface area (Å²) in [5.41, 5.74) is 4.20. The largest absolute Gasteiger partial charge is 0.444 e. The van der Waals surface area contributed by atoms with E-state index in [-0.39, 0.29) is 18.2 Å². The number of para-hydroxylation sites is 1. The lowest BCUT2D eigenvalue weighted by Gasteiger charge is -2.35. The minimum Gasteiger partial charge on any atom is -0.444 e. The molecule has 0 aliphatic rings. The molecule has 0 fully saturated rings. The van der Waals surface area contributed by atoms with Crippen molar-refractivity contribution in [3.8, 4) is 0 Å². The molecule has 0 aromatic heterocycles. The van der Waals surface area contributed by atoms with Gasteiger partial charge in [-0.25, -0.2) is 4.79 Å². The van der Waals surface area contributed by atoms with Crippen molar-refractivity contribution >= 4 is 35.2 Å². The van der Waals surface area contributed by atoms with Gasteiger partial charge in [-0.15, -0.1) is 0 Å². The fourth-order valence-corrected chi connectivity index (χ4v) is 5.43. The summed E-state index contributed by atoms with van der Waals surface area (Å²) >= 11 is 6.52. The number of hydrogen-bond acceptors (Lipinski definition) is 4. The van der Waals surface area contributed by atoms with Crippen molar-refractivity contribution < 1.29 is 19.1 Å². The molecule has 0 saturated carbocycles. The van der Waals surface area contributed by atoms with Crippen LogP contribution in [-0.4, -0.2) is 41.0 Å². The zero-order chi connectivity index (χ0) is 33.1. The van der Waals surface area contributed by atoms with Gasteiger partial charge in [0.25, 0.3) is 5.91 Å². The van der Waals surface area contributed by atoms with Gasteiger partial charge in [0, 0.05) is 13.0 Å². The molecular weight excluding hydrogens is 586 g/mol. The summed E-state index contributed by atoms with van der Waals surface area (Å²) in [6.07, 6.45) is 3.16. The Hall–Kier alpha value is -3.84. The van der Waals surface area contributed by atoms with Crippen molar-refractivity contribution in [2.45, 2.75) is 98.3 Å². The first kappa shape index (κ1) is 35.6. The van der Waals surface area contributed by atoms with E-state index >= 15 is 0 Å². The summed E-state index contributed by atoms with van der Waals surface area (Å²) in [5, 5.41) is 6.28. The number of amides is 3. The Morgan fingerprint density at radius 2 is 1.58 bits per heavy atom. The summed E-state index contributed by atoms with van der Waals surface area (Å²) < 4.78 is 5.56. The van der Waals surface area contributed by atoms with E-state index in [9.17, 15) is 14.4 Å². The van der Waals surface area contributed by atoms with Crippen molar-refractivity contribution in [1.82, 2.24) is 10.2 Å². The molecule has 2 atom stereocenters. The van der Waals surface area contributed by atoms with Gasteiger partial charge in [0.15, 0.2) is 0 Å². The molecule has 0 aliphatic heterocycles. The van der Waals surface area contributed by atoms with E-state index in [2.05, 4.69) is 17.6 Å². The second-order valence-corrected chi connectivity index (χ2v) is 13.1. The molecule has 0 aliphatic carbocycles. The van der Waals surface area contributed by atoms with Gasteiger partial charge >= 0.3 is 6.09 Å². The van der Waals surface area contributed by atoms with Crippen molar-refractivity contribution in [2.24, 2.45) is 0 Å². The maximum absolute atomic E-state index is 14.7. The number of carbonyl (C=O) groups excluding carboxylic acids is 3. The SMILES string of the molecule is CCCCCCN(C(=O)C(Cc1ccccc1)NC(=O)OC(C)(C)C)C(C(=O)Nc1c(C)cccc1Cl)c1ccc(C)c(C)c1. The number of alkyl carbamates (subject to hydrolysis) is 1. The molecule has 2 unspecified atom stereocenters. The fourth-order valence-electron chi connectivity index (χ4n) is 5.16. The van der Waals surface area contributed by atoms with E-state index in [1.165, 1.54) is 0 Å². The maximum atomic E-state index is 14.7. The van der Waals surface area contributed by atoms with Gasteiger partial charge in [0.2, 0.25) is 5.91 Å². The molecule has 3 aromatic rings. The topological polar surface area (TPSA) is 87.7 Å². The van der Waals surface area contributed by atoms with Crippen LogP contribution < -0.4 is 10.6 Å². The Kier molecular flexibility index (Phi) is 13.0. The van der Waals surface area contributed by atoms with Crippen molar-refractivity contribution in [2.75, 3.05) is 11.9 Å². The minimum atomic E-state index is -0.979. The monoisotopic (exact) mass is 633 g/mol.